The van der Waals surface area contributed by atoms with Crippen LogP contribution in [-0.2, 0) is 0 Å². The Balaban J connectivity index is -0.0000000800. The molecule has 0 aliphatic carbocycles. The Bertz CT molecular complexity index is 25.7. The van der Waals surface area contributed by atoms with Gasteiger partial charge in [-0.05, 0) is 5.92 Å². The van der Waals surface area contributed by atoms with Gasteiger partial charge in [0.2, 0.25) is 0 Å². The number of alkyl halides is 1. The second-order valence-electron chi connectivity index (χ2n) is 1.55. The summed E-state index contributed by atoms with van der Waals surface area (Å²) in [5.74, 6) is 1.43. The first kappa shape index (κ1) is 10.8. The van der Waals surface area contributed by atoms with Crippen LogP contribution in [0.3, 0.4) is 0 Å². The van der Waals surface area contributed by atoms with Gasteiger partial charge in [-0.25, -0.2) is 0 Å². The zero-order chi connectivity index (χ0) is 4.28. The molecule has 0 nitrogen and oxygen atoms in total. The van der Waals surface area contributed by atoms with E-state index < -0.39 is 0 Å². The molecule has 0 saturated carbocycles. The van der Waals surface area contributed by atoms with E-state index in [1.54, 1.807) is 0 Å². The van der Waals surface area contributed by atoms with Crippen LogP contribution in [0.5, 0.6) is 0 Å². The summed E-state index contributed by atoms with van der Waals surface area (Å²) in [6.07, 6.45) is 0. The maximum Gasteiger partial charge on any atom is 1.00 e. The molecular formula is C4H10ClK. The van der Waals surface area contributed by atoms with Gasteiger partial charge in [-0.3, -0.25) is 0 Å². The average molecular weight is 133 g/mol. The molecule has 2 heteroatoms. The fourth-order valence-corrected chi connectivity index (χ4v) is 0. The van der Waals surface area contributed by atoms with E-state index in [0.717, 1.165) is 5.88 Å². The Morgan fingerprint density at radius 3 is 1.83 bits per heavy atom. The second-order valence-corrected chi connectivity index (χ2v) is 1.86. The summed E-state index contributed by atoms with van der Waals surface area (Å²) < 4.78 is 0. The molecule has 6 heavy (non-hydrogen) atoms. The van der Waals surface area contributed by atoms with E-state index in [1.165, 1.54) is 0 Å². The number of hydrogen-bond donors (Lipinski definition) is 0. The van der Waals surface area contributed by atoms with Crippen LogP contribution in [0.1, 0.15) is 15.3 Å². The molecular weight excluding hydrogens is 123 g/mol. The second kappa shape index (κ2) is 6.93. The zero-order valence-corrected chi connectivity index (χ0v) is 8.54. The van der Waals surface area contributed by atoms with Crippen molar-refractivity contribution in [3.63, 3.8) is 0 Å². The quantitative estimate of drug-likeness (QED) is 0.317. The fourth-order valence-electron chi connectivity index (χ4n) is 0. The summed E-state index contributed by atoms with van der Waals surface area (Å²) in [6.45, 7) is 4.18. The molecule has 0 saturated heterocycles. The molecule has 0 aromatic heterocycles. The first-order valence-corrected chi connectivity index (χ1v) is 2.36. The summed E-state index contributed by atoms with van der Waals surface area (Å²) in [4.78, 5) is 0. The molecule has 0 heterocycles. The summed E-state index contributed by atoms with van der Waals surface area (Å²) in [7, 11) is 0. The van der Waals surface area contributed by atoms with E-state index in [2.05, 4.69) is 13.8 Å². The van der Waals surface area contributed by atoms with Crippen LogP contribution >= 0.6 is 11.6 Å². The first-order chi connectivity index (χ1) is 2.27. The van der Waals surface area contributed by atoms with Gasteiger partial charge in [-0.15, -0.1) is 11.6 Å². The maximum atomic E-state index is 5.34. The first-order valence-electron chi connectivity index (χ1n) is 1.83. The van der Waals surface area contributed by atoms with Crippen LogP contribution < -0.4 is 51.4 Å². The predicted molar refractivity (Wildman–Crippen MR) is 26.7 cm³/mol. The topological polar surface area (TPSA) is 0 Å². The van der Waals surface area contributed by atoms with Gasteiger partial charge in [0.15, 0.2) is 0 Å². The Morgan fingerprint density at radius 2 is 1.83 bits per heavy atom. The Hall–Kier alpha value is 1.93. The van der Waals surface area contributed by atoms with E-state index >= 15 is 0 Å². The minimum atomic E-state index is 0. The fraction of sp³-hybridized carbons (Fsp3) is 1.00. The smallest absolute Gasteiger partial charge is 1.00 e. The molecule has 0 bridgehead atoms. The summed E-state index contributed by atoms with van der Waals surface area (Å²) in [6, 6.07) is 0. The van der Waals surface area contributed by atoms with E-state index in [1.807, 2.05) is 0 Å². The SMILES string of the molecule is CC(C)CCl.[H-].[K+]. The van der Waals surface area contributed by atoms with Crippen molar-refractivity contribution < 1.29 is 52.8 Å². The summed E-state index contributed by atoms with van der Waals surface area (Å²) >= 11 is 5.34. The molecule has 0 spiro atoms. The van der Waals surface area contributed by atoms with Crippen LogP contribution in [0.25, 0.3) is 0 Å². The Labute approximate surface area is 88.5 Å². The molecule has 34 valence electrons. The van der Waals surface area contributed by atoms with Gasteiger partial charge in [-0.2, -0.15) is 0 Å². The molecule has 0 unspecified atom stereocenters. The minimum absolute atomic E-state index is 0. The van der Waals surface area contributed by atoms with Crippen LogP contribution in [0.2, 0.25) is 0 Å². The van der Waals surface area contributed by atoms with Crippen molar-refractivity contribution in [3.8, 4) is 0 Å². The molecule has 0 rings (SSSR count). The molecule has 0 N–H and O–H groups in total. The molecule has 0 aromatic carbocycles. The van der Waals surface area contributed by atoms with Crippen molar-refractivity contribution >= 4 is 11.6 Å². The van der Waals surface area contributed by atoms with E-state index in [9.17, 15) is 0 Å². The summed E-state index contributed by atoms with van der Waals surface area (Å²) in [5, 5.41) is 0. The van der Waals surface area contributed by atoms with Gasteiger partial charge in [0.05, 0.1) is 0 Å². The standard InChI is InChI=1S/C4H9Cl.K.H/c1-4(2)3-5;;/h4H,3H2,1-2H3;;/q;+1;-1. The molecule has 0 amide bonds. The van der Waals surface area contributed by atoms with Crippen LogP contribution in [-0.4, -0.2) is 5.88 Å². The van der Waals surface area contributed by atoms with Crippen LogP contribution in [0.4, 0.5) is 0 Å². The van der Waals surface area contributed by atoms with Crippen LogP contribution in [0, 0.1) is 5.92 Å². The van der Waals surface area contributed by atoms with Crippen molar-refractivity contribution in [2.45, 2.75) is 13.8 Å². The van der Waals surface area contributed by atoms with Gasteiger partial charge in [0.25, 0.3) is 0 Å². The number of halogens is 1. The maximum absolute atomic E-state index is 5.34. The van der Waals surface area contributed by atoms with Crippen molar-refractivity contribution in [2.24, 2.45) is 5.92 Å². The molecule has 0 aliphatic rings. The molecule has 0 atom stereocenters. The Morgan fingerprint density at radius 1 is 1.67 bits per heavy atom. The minimum Gasteiger partial charge on any atom is -1.00 e. The third-order valence-corrected chi connectivity index (χ3v) is 0.926. The van der Waals surface area contributed by atoms with Gasteiger partial charge in [0.1, 0.15) is 0 Å². The molecule has 0 radical (unpaired) electrons. The summed E-state index contributed by atoms with van der Waals surface area (Å²) in [5.41, 5.74) is 0. The van der Waals surface area contributed by atoms with Gasteiger partial charge in [0, 0.05) is 5.88 Å². The Kier molecular flexibility index (Phi) is 12.5. The van der Waals surface area contributed by atoms with Crippen molar-refractivity contribution in [1.82, 2.24) is 0 Å². The molecule has 0 aromatic rings. The largest absolute Gasteiger partial charge is 1.00 e. The zero-order valence-electron chi connectivity index (χ0n) is 5.66. The normalized spacial score (nSPS) is 8.00. The monoisotopic (exact) mass is 132 g/mol. The van der Waals surface area contributed by atoms with Crippen molar-refractivity contribution in [2.75, 3.05) is 5.88 Å². The van der Waals surface area contributed by atoms with Crippen molar-refractivity contribution in [1.29, 1.82) is 0 Å². The van der Waals surface area contributed by atoms with Gasteiger partial charge in [-0.1, -0.05) is 13.8 Å². The van der Waals surface area contributed by atoms with E-state index in [0.29, 0.717) is 5.92 Å². The van der Waals surface area contributed by atoms with E-state index in [4.69, 9.17) is 11.6 Å². The number of hydrogen-bond acceptors (Lipinski definition) is 0. The third kappa shape index (κ3) is 9.33. The van der Waals surface area contributed by atoms with Gasteiger partial charge >= 0.3 is 51.4 Å². The third-order valence-electron chi connectivity index (χ3n) is 0.309. The molecule has 0 aliphatic heterocycles. The van der Waals surface area contributed by atoms with Gasteiger partial charge < -0.3 is 1.43 Å². The average Bonchev–Trinajstić information content (AvgIpc) is 1.38. The predicted octanol–water partition coefficient (Wildman–Crippen LogP) is -1.00. The number of rotatable bonds is 1. The van der Waals surface area contributed by atoms with Crippen molar-refractivity contribution in [3.05, 3.63) is 0 Å². The molecule has 0 fully saturated rings. The van der Waals surface area contributed by atoms with E-state index in [-0.39, 0.29) is 52.8 Å². The van der Waals surface area contributed by atoms with Crippen LogP contribution in [0.15, 0.2) is 0 Å².